The molecule has 16 heavy (non-hydrogen) atoms. The van der Waals surface area contributed by atoms with E-state index in [9.17, 15) is 4.79 Å². The van der Waals surface area contributed by atoms with E-state index in [4.69, 9.17) is 9.15 Å². The topological polar surface area (TPSA) is 39.4 Å². The molecule has 0 unspecified atom stereocenters. The number of furan rings is 1. The minimum atomic E-state index is 0.256. The second kappa shape index (κ2) is 4.66. The summed E-state index contributed by atoms with van der Waals surface area (Å²) >= 11 is 0. The van der Waals surface area contributed by atoms with Gasteiger partial charge in [-0.2, -0.15) is 0 Å². The van der Waals surface area contributed by atoms with Gasteiger partial charge >= 0.3 is 0 Å². The fourth-order valence-corrected chi connectivity index (χ4v) is 1.53. The zero-order valence-corrected chi connectivity index (χ0v) is 8.97. The van der Waals surface area contributed by atoms with Gasteiger partial charge in [0, 0.05) is 11.1 Å². The average molecular weight is 216 g/mol. The smallest absolute Gasteiger partial charge is 0.293 e. The van der Waals surface area contributed by atoms with Gasteiger partial charge in [-0.05, 0) is 13.0 Å². The zero-order valence-electron chi connectivity index (χ0n) is 8.97. The molecule has 1 aromatic carbocycles. The normalized spacial score (nSPS) is 10.1. The maximum Gasteiger partial charge on any atom is 0.293 e. The first kappa shape index (κ1) is 10.5. The van der Waals surface area contributed by atoms with Crippen LogP contribution in [0.4, 0.5) is 0 Å². The van der Waals surface area contributed by atoms with Crippen LogP contribution in [0.25, 0.3) is 11.3 Å². The van der Waals surface area contributed by atoms with Crippen molar-refractivity contribution >= 4 is 6.47 Å². The fourth-order valence-electron chi connectivity index (χ4n) is 1.53. The van der Waals surface area contributed by atoms with E-state index in [2.05, 4.69) is 0 Å². The van der Waals surface area contributed by atoms with Crippen LogP contribution in [0.2, 0.25) is 0 Å². The SMILES string of the molecule is Cc1oc(-c2ccccc2)cc1COC=O. The van der Waals surface area contributed by atoms with Crippen molar-refractivity contribution < 1.29 is 13.9 Å². The Bertz CT molecular complexity index is 471. The molecule has 0 amide bonds. The Hall–Kier alpha value is -2.03. The molecule has 3 nitrogen and oxygen atoms in total. The van der Waals surface area contributed by atoms with Crippen LogP contribution in [0.1, 0.15) is 11.3 Å². The Morgan fingerprint density at radius 2 is 2.06 bits per heavy atom. The Morgan fingerprint density at radius 1 is 1.31 bits per heavy atom. The Morgan fingerprint density at radius 3 is 2.75 bits per heavy atom. The summed E-state index contributed by atoms with van der Waals surface area (Å²) in [6.07, 6.45) is 0. The predicted molar refractivity (Wildman–Crippen MR) is 59.7 cm³/mol. The lowest BCUT2D eigenvalue weighted by molar-refractivity contribution is -0.129. The summed E-state index contributed by atoms with van der Waals surface area (Å²) in [5.41, 5.74) is 1.91. The second-order valence-electron chi connectivity index (χ2n) is 3.47. The van der Waals surface area contributed by atoms with Crippen LogP contribution < -0.4 is 0 Å². The van der Waals surface area contributed by atoms with Gasteiger partial charge in [0.1, 0.15) is 18.1 Å². The quantitative estimate of drug-likeness (QED) is 0.737. The molecule has 2 rings (SSSR count). The molecule has 0 atom stereocenters. The summed E-state index contributed by atoms with van der Waals surface area (Å²) in [5.74, 6) is 1.57. The summed E-state index contributed by atoms with van der Waals surface area (Å²) in [7, 11) is 0. The van der Waals surface area contributed by atoms with E-state index in [0.717, 1.165) is 22.6 Å². The van der Waals surface area contributed by atoms with Gasteiger partial charge in [0.05, 0.1) is 0 Å². The summed E-state index contributed by atoms with van der Waals surface area (Å²) in [6.45, 7) is 2.55. The van der Waals surface area contributed by atoms with E-state index in [-0.39, 0.29) is 6.61 Å². The summed E-state index contributed by atoms with van der Waals surface area (Å²) in [4.78, 5) is 10.1. The van der Waals surface area contributed by atoms with Crippen LogP contribution >= 0.6 is 0 Å². The predicted octanol–water partition coefficient (Wildman–Crippen LogP) is 2.93. The molecule has 0 aliphatic heterocycles. The van der Waals surface area contributed by atoms with Crippen molar-refractivity contribution in [3.05, 3.63) is 47.7 Å². The third-order valence-corrected chi connectivity index (χ3v) is 2.39. The maximum atomic E-state index is 10.1. The van der Waals surface area contributed by atoms with Crippen LogP contribution in [0.5, 0.6) is 0 Å². The summed E-state index contributed by atoms with van der Waals surface area (Å²) < 4.78 is 10.3. The van der Waals surface area contributed by atoms with Gasteiger partial charge in [-0.3, -0.25) is 4.79 Å². The van der Waals surface area contributed by atoms with Crippen LogP contribution in [-0.2, 0) is 16.1 Å². The molecule has 1 aromatic heterocycles. The standard InChI is InChI=1S/C13H12O3/c1-10-12(8-15-9-14)7-13(16-10)11-5-3-2-4-6-11/h2-7,9H,8H2,1H3. The number of benzene rings is 1. The largest absolute Gasteiger partial charge is 0.463 e. The second-order valence-corrected chi connectivity index (χ2v) is 3.47. The maximum absolute atomic E-state index is 10.1. The molecule has 0 radical (unpaired) electrons. The van der Waals surface area contributed by atoms with Crippen LogP contribution in [0, 0.1) is 6.92 Å². The molecule has 3 heteroatoms. The number of carbonyl (C=O) groups is 1. The van der Waals surface area contributed by atoms with E-state index >= 15 is 0 Å². The van der Waals surface area contributed by atoms with Gasteiger partial charge in [0.15, 0.2) is 0 Å². The van der Waals surface area contributed by atoms with Crippen molar-refractivity contribution in [2.45, 2.75) is 13.5 Å². The number of aryl methyl sites for hydroxylation is 1. The van der Waals surface area contributed by atoms with Gasteiger partial charge in [-0.25, -0.2) is 0 Å². The van der Waals surface area contributed by atoms with Crippen LogP contribution in [0.3, 0.4) is 0 Å². The lowest BCUT2D eigenvalue weighted by Gasteiger charge is -1.93. The first-order chi connectivity index (χ1) is 7.81. The molecule has 2 aromatic rings. The van der Waals surface area contributed by atoms with Gasteiger partial charge in [-0.15, -0.1) is 0 Å². The van der Waals surface area contributed by atoms with Crippen molar-refractivity contribution in [3.8, 4) is 11.3 Å². The molecule has 0 N–H and O–H groups in total. The van der Waals surface area contributed by atoms with E-state index in [1.54, 1.807) is 0 Å². The molecule has 0 bridgehead atoms. The molecule has 0 saturated heterocycles. The molecule has 0 aliphatic rings. The third-order valence-electron chi connectivity index (χ3n) is 2.39. The van der Waals surface area contributed by atoms with Gasteiger partial charge in [-0.1, -0.05) is 30.3 Å². The Balaban J connectivity index is 2.27. The van der Waals surface area contributed by atoms with Gasteiger partial charge in [0.2, 0.25) is 0 Å². The minimum Gasteiger partial charge on any atom is -0.463 e. The molecule has 82 valence electrons. The van der Waals surface area contributed by atoms with E-state index in [0.29, 0.717) is 6.47 Å². The molecule has 0 saturated carbocycles. The summed E-state index contributed by atoms with van der Waals surface area (Å²) in [6, 6.07) is 11.7. The van der Waals surface area contributed by atoms with Crippen molar-refractivity contribution in [2.24, 2.45) is 0 Å². The van der Waals surface area contributed by atoms with Gasteiger partial charge in [0.25, 0.3) is 6.47 Å². The van der Waals surface area contributed by atoms with Crippen molar-refractivity contribution in [1.82, 2.24) is 0 Å². The fraction of sp³-hybridized carbons (Fsp3) is 0.154. The average Bonchev–Trinajstić information content (AvgIpc) is 2.69. The first-order valence-electron chi connectivity index (χ1n) is 5.01. The van der Waals surface area contributed by atoms with Crippen LogP contribution in [-0.4, -0.2) is 6.47 Å². The molecular weight excluding hydrogens is 204 g/mol. The Kier molecular flexibility index (Phi) is 3.05. The lowest BCUT2D eigenvalue weighted by atomic mass is 10.1. The van der Waals surface area contributed by atoms with Crippen LogP contribution in [0.15, 0.2) is 40.8 Å². The number of carbonyl (C=O) groups excluding carboxylic acids is 1. The summed E-state index contributed by atoms with van der Waals surface area (Å²) in [5, 5.41) is 0. The van der Waals surface area contributed by atoms with Crippen molar-refractivity contribution in [3.63, 3.8) is 0 Å². The minimum absolute atomic E-state index is 0.256. The highest BCUT2D eigenvalue weighted by Crippen LogP contribution is 2.25. The monoisotopic (exact) mass is 216 g/mol. The Labute approximate surface area is 93.7 Å². The van der Waals surface area contributed by atoms with Crippen molar-refractivity contribution in [2.75, 3.05) is 0 Å². The van der Waals surface area contributed by atoms with Crippen molar-refractivity contribution in [1.29, 1.82) is 0 Å². The molecular formula is C13H12O3. The van der Waals surface area contributed by atoms with E-state index in [1.807, 2.05) is 43.3 Å². The highest BCUT2D eigenvalue weighted by Gasteiger charge is 2.08. The molecule has 0 fully saturated rings. The number of ether oxygens (including phenoxy) is 1. The highest BCUT2D eigenvalue weighted by molar-refractivity contribution is 5.58. The molecule has 0 aliphatic carbocycles. The van der Waals surface area contributed by atoms with Gasteiger partial charge < -0.3 is 9.15 Å². The third kappa shape index (κ3) is 2.14. The lowest BCUT2D eigenvalue weighted by Crippen LogP contribution is -1.89. The number of hydrogen-bond acceptors (Lipinski definition) is 3. The zero-order chi connectivity index (χ0) is 11.4. The number of rotatable bonds is 4. The van der Waals surface area contributed by atoms with E-state index in [1.165, 1.54) is 0 Å². The molecule has 1 heterocycles. The van der Waals surface area contributed by atoms with E-state index < -0.39 is 0 Å². The highest BCUT2D eigenvalue weighted by atomic mass is 16.5. The molecule has 0 spiro atoms. The number of hydrogen-bond donors (Lipinski definition) is 0. The first-order valence-corrected chi connectivity index (χ1v) is 5.01.